The molecule has 0 unspecified atom stereocenters. The number of ether oxygens (including phenoxy) is 1. The molecular weight excluding hydrogens is 330 g/mol. The average molecular weight is 358 g/mol. The summed E-state index contributed by atoms with van der Waals surface area (Å²) in [5.74, 6) is 1.68. The molecule has 0 saturated carbocycles. The molecule has 0 atom stereocenters. The molecule has 1 amide bonds. The van der Waals surface area contributed by atoms with Crippen molar-refractivity contribution in [2.75, 3.05) is 18.9 Å². The molecule has 0 bridgehead atoms. The largest absolute Gasteiger partial charge is 0.492 e. The highest BCUT2D eigenvalue weighted by Crippen LogP contribution is 2.24. The molecule has 2 aromatic carbocycles. The molecule has 25 heavy (non-hydrogen) atoms. The third-order valence-electron chi connectivity index (χ3n) is 3.75. The summed E-state index contributed by atoms with van der Waals surface area (Å²) >= 11 is 1.70. The molecule has 0 spiro atoms. The Hall–Kier alpha value is -1.94. The predicted octanol–water partition coefficient (Wildman–Crippen LogP) is 4.66. The van der Waals surface area contributed by atoms with Crippen LogP contribution in [0.2, 0.25) is 0 Å². The van der Waals surface area contributed by atoms with Crippen LogP contribution in [0.5, 0.6) is 5.75 Å². The SMILES string of the molecule is CC(C)(C)c1ccc(OCCNC(=O)CCSc2ccccc2)cc1. The molecule has 1 N–H and O–H groups in total. The minimum Gasteiger partial charge on any atom is -0.492 e. The average Bonchev–Trinajstić information content (AvgIpc) is 2.59. The maximum absolute atomic E-state index is 11.8. The standard InChI is InChI=1S/C21H27NO2S/c1-21(2,3)17-9-11-18(12-10-17)24-15-14-22-20(23)13-16-25-19-7-5-4-6-8-19/h4-12H,13-16H2,1-3H3,(H,22,23). The fourth-order valence-corrected chi connectivity index (χ4v) is 3.15. The van der Waals surface area contributed by atoms with Gasteiger partial charge in [-0.1, -0.05) is 51.1 Å². The van der Waals surface area contributed by atoms with Crippen molar-refractivity contribution in [1.82, 2.24) is 5.32 Å². The molecule has 0 saturated heterocycles. The van der Waals surface area contributed by atoms with E-state index >= 15 is 0 Å². The van der Waals surface area contributed by atoms with Gasteiger partial charge < -0.3 is 10.1 Å². The molecule has 0 aliphatic rings. The van der Waals surface area contributed by atoms with E-state index < -0.39 is 0 Å². The van der Waals surface area contributed by atoms with Crippen molar-refractivity contribution in [1.29, 1.82) is 0 Å². The van der Waals surface area contributed by atoms with Crippen LogP contribution in [0.1, 0.15) is 32.8 Å². The van der Waals surface area contributed by atoms with Gasteiger partial charge in [0.15, 0.2) is 0 Å². The summed E-state index contributed by atoms with van der Waals surface area (Å²) in [4.78, 5) is 13.0. The van der Waals surface area contributed by atoms with Gasteiger partial charge in [0.1, 0.15) is 12.4 Å². The van der Waals surface area contributed by atoms with Crippen molar-refractivity contribution < 1.29 is 9.53 Å². The maximum Gasteiger partial charge on any atom is 0.220 e. The van der Waals surface area contributed by atoms with Crippen LogP contribution in [0.4, 0.5) is 0 Å². The van der Waals surface area contributed by atoms with Crippen LogP contribution in [-0.4, -0.2) is 24.8 Å². The van der Waals surface area contributed by atoms with E-state index in [0.29, 0.717) is 19.6 Å². The van der Waals surface area contributed by atoms with Crippen molar-refractivity contribution in [3.05, 3.63) is 60.2 Å². The minimum atomic E-state index is 0.0649. The van der Waals surface area contributed by atoms with Crippen molar-refractivity contribution in [2.45, 2.75) is 37.5 Å². The fourth-order valence-electron chi connectivity index (χ4n) is 2.28. The first-order chi connectivity index (χ1) is 11.9. The third-order valence-corrected chi connectivity index (χ3v) is 4.77. The van der Waals surface area contributed by atoms with E-state index in [1.54, 1.807) is 11.8 Å². The number of carbonyl (C=O) groups excluding carboxylic acids is 1. The first kappa shape index (κ1) is 19.4. The monoisotopic (exact) mass is 357 g/mol. The Morgan fingerprint density at radius 1 is 1.04 bits per heavy atom. The van der Waals surface area contributed by atoms with E-state index in [1.165, 1.54) is 10.5 Å². The zero-order valence-corrected chi connectivity index (χ0v) is 16.1. The van der Waals surface area contributed by atoms with Crippen molar-refractivity contribution in [3.63, 3.8) is 0 Å². The van der Waals surface area contributed by atoms with Crippen LogP contribution in [0.25, 0.3) is 0 Å². The van der Waals surface area contributed by atoms with Gasteiger partial charge in [-0.05, 0) is 35.2 Å². The summed E-state index contributed by atoms with van der Waals surface area (Å²) in [6.07, 6.45) is 0.514. The van der Waals surface area contributed by atoms with Crippen molar-refractivity contribution in [2.24, 2.45) is 0 Å². The number of hydrogen-bond acceptors (Lipinski definition) is 3. The topological polar surface area (TPSA) is 38.3 Å². The summed E-state index contributed by atoms with van der Waals surface area (Å²) in [6.45, 7) is 7.57. The molecule has 0 radical (unpaired) electrons. The van der Waals surface area contributed by atoms with Crippen LogP contribution in [0.3, 0.4) is 0 Å². The van der Waals surface area contributed by atoms with Gasteiger partial charge in [-0.2, -0.15) is 0 Å². The molecule has 0 heterocycles. The highest BCUT2D eigenvalue weighted by molar-refractivity contribution is 7.99. The lowest BCUT2D eigenvalue weighted by Gasteiger charge is -2.19. The first-order valence-electron chi connectivity index (χ1n) is 8.63. The Morgan fingerprint density at radius 2 is 1.72 bits per heavy atom. The molecular formula is C21H27NO2S. The summed E-state index contributed by atoms with van der Waals surface area (Å²) in [7, 11) is 0. The van der Waals surface area contributed by atoms with Crippen LogP contribution in [-0.2, 0) is 10.2 Å². The molecule has 0 aromatic heterocycles. The Labute approximate surface area is 155 Å². The highest BCUT2D eigenvalue weighted by atomic mass is 32.2. The molecule has 0 fully saturated rings. The molecule has 4 heteroatoms. The Balaban J connectivity index is 1.60. The summed E-state index contributed by atoms with van der Waals surface area (Å²) < 4.78 is 5.68. The van der Waals surface area contributed by atoms with Gasteiger partial charge >= 0.3 is 0 Å². The second kappa shape index (κ2) is 9.52. The molecule has 0 aliphatic heterocycles. The van der Waals surface area contributed by atoms with E-state index in [9.17, 15) is 4.79 Å². The Morgan fingerprint density at radius 3 is 2.36 bits per heavy atom. The maximum atomic E-state index is 11.8. The van der Waals surface area contributed by atoms with Crippen molar-refractivity contribution in [3.8, 4) is 5.75 Å². The summed E-state index contributed by atoms with van der Waals surface area (Å²) in [5, 5.41) is 2.90. The van der Waals surface area contributed by atoms with Gasteiger partial charge in [0.25, 0.3) is 0 Å². The quantitative estimate of drug-likeness (QED) is 0.551. The van der Waals surface area contributed by atoms with Gasteiger partial charge in [-0.15, -0.1) is 11.8 Å². The number of benzene rings is 2. The Bertz CT molecular complexity index is 648. The second-order valence-corrected chi connectivity index (χ2v) is 8.05. The lowest BCUT2D eigenvalue weighted by Crippen LogP contribution is -2.28. The summed E-state index contributed by atoms with van der Waals surface area (Å²) in [6, 6.07) is 18.3. The number of amides is 1. The lowest BCUT2D eigenvalue weighted by molar-refractivity contribution is -0.120. The number of hydrogen-bond donors (Lipinski definition) is 1. The number of rotatable bonds is 8. The molecule has 0 aliphatic carbocycles. The van der Waals surface area contributed by atoms with Gasteiger partial charge in [0, 0.05) is 17.1 Å². The van der Waals surface area contributed by atoms with E-state index in [2.05, 4.69) is 50.4 Å². The molecule has 3 nitrogen and oxygen atoms in total. The van der Waals surface area contributed by atoms with E-state index in [1.807, 2.05) is 30.3 Å². The van der Waals surface area contributed by atoms with Gasteiger partial charge in [0.05, 0.1) is 6.54 Å². The number of thioether (sulfide) groups is 1. The third kappa shape index (κ3) is 7.22. The minimum absolute atomic E-state index is 0.0649. The van der Waals surface area contributed by atoms with Crippen LogP contribution in [0, 0.1) is 0 Å². The van der Waals surface area contributed by atoms with Crippen molar-refractivity contribution >= 4 is 17.7 Å². The van der Waals surface area contributed by atoms with E-state index in [0.717, 1.165) is 11.5 Å². The van der Waals surface area contributed by atoms with Gasteiger partial charge in [-0.3, -0.25) is 4.79 Å². The van der Waals surface area contributed by atoms with Crippen LogP contribution >= 0.6 is 11.8 Å². The lowest BCUT2D eigenvalue weighted by atomic mass is 9.87. The Kier molecular flexibility index (Phi) is 7.38. The normalized spacial score (nSPS) is 11.2. The molecule has 2 rings (SSSR count). The number of carbonyl (C=O) groups is 1. The fraction of sp³-hybridized carbons (Fsp3) is 0.381. The predicted molar refractivity (Wildman–Crippen MR) is 105 cm³/mol. The molecule has 2 aromatic rings. The zero-order chi connectivity index (χ0) is 18.1. The summed E-state index contributed by atoms with van der Waals surface area (Å²) in [5.41, 5.74) is 1.42. The second-order valence-electron chi connectivity index (χ2n) is 6.88. The first-order valence-corrected chi connectivity index (χ1v) is 9.61. The molecule has 134 valence electrons. The van der Waals surface area contributed by atoms with E-state index in [4.69, 9.17) is 4.74 Å². The van der Waals surface area contributed by atoms with Gasteiger partial charge in [-0.25, -0.2) is 0 Å². The zero-order valence-electron chi connectivity index (χ0n) is 15.2. The van der Waals surface area contributed by atoms with Crippen LogP contribution < -0.4 is 10.1 Å². The smallest absolute Gasteiger partial charge is 0.220 e. The van der Waals surface area contributed by atoms with E-state index in [-0.39, 0.29) is 11.3 Å². The van der Waals surface area contributed by atoms with Gasteiger partial charge in [0.2, 0.25) is 5.91 Å². The highest BCUT2D eigenvalue weighted by Gasteiger charge is 2.12. The van der Waals surface area contributed by atoms with Crippen LogP contribution in [0.15, 0.2) is 59.5 Å². The number of nitrogens with one attached hydrogen (secondary N) is 1.